The fourth-order valence-corrected chi connectivity index (χ4v) is 3.78. The van der Waals surface area contributed by atoms with Crippen molar-refractivity contribution in [3.05, 3.63) is 41.8 Å². The zero-order chi connectivity index (χ0) is 17.2. The predicted molar refractivity (Wildman–Crippen MR) is 101 cm³/mol. The van der Waals surface area contributed by atoms with Crippen molar-refractivity contribution in [3.63, 3.8) is 0 Å². The van der Waals surface area contributed by atoms with Crippen molar-refractivity contribution in [2.24, 2.45) is 0 Å². The van der Waals surface area contributed by atoms with E-state index in [0.29, 0.717) is 17.3 Å². The summed E-state index contributed by atoms with van der Waals surface area (Å²) in [6.45, 7) is 0. The molecule has 6 heteroatoms. The van der Waals surface area contributed by atoms with Crippen molar-refractivity contribution in [1.82, 2.24) is 15.0 Å². The topological polar surface area (TPSA) is 62.8 Å². The van der Waals surface area contributed by atoms with E-state index in [1.165, 1.54) is 0 Å². The molecule has 0 amide bonds. The molecule has 0 spiro atoms. The zero-order valence-electron chi connectivity index (χ0n) is 14.1. The number of methoxy groups -OCH3 is 1. The number of ether oxygens (including phenoxy) is 1. The van der Waals surface area contributed by atoms with Crippen LogP contribution in [0.2, 0.25) is 5.15 Å². The summed E-state index contributed by atoms with van der Waals surface area (Å²) in [5.74, 6) is 0.821. The molecule has 1 aliphatic carbocycles. The molecule has 3 heterocycles. The first kappa shape index (κ1) is 16.4. The highest BCUT2D eigenvalue weighted by Gasteiger charge is 2.21. The lowest BCUT2D eigenvalue weighted by molar-refractivity contribution is 0.0681. The van der Waals surface area contributed by atoms with E-state index in [9.17, 15) is 0 Å². The van der Waals surface area contributed by atoms with Gasteiger partial charge in [0.2, 0.25) is 0 Å². The van der Waals surface area contributed by atoms with Crippen LogP contribution in [0.25, 0.3) is 22.2 Å². The zero-order valence-corrected chi connectivity index (χ0v) is 14.9. The molecule has 0 bridgehead atoms. The highest BCUT2D eigenvalue weighted by Crippen LogP contribution is 2.31. The number of halogens is 1. The first-order valence-electron chi connectivity index (χ1n) is 8.62. The minimum Gasteiger partial charge on any atom is -0.381 e. The maximum Gasteiger partial charge on any atom is 0.137 e. The van der Waals surface area contributed by atoms with Crippen molar-refractivity contribution < 1.29 is 4.74 Å². The summed E-state index contributed by atoms with van der Waals surface area (Å²) < 4.78 is 5.44. The van der Waals surface area contributed by atoms with Crippen LogP contribution in [0.1, 0.15) is 25.7 Å². The van der Waals surface area contributed by atoms with Gasteiger partial charge >= 0.3 is 0 Å². The average Bonchev–Trinajstić information content (AvgIpc) is 3.06. The van der Waals surface area contributed by atoms with Gasteiger partial charge in [-0.15, -0.1) is 0 Å². The lowest BCUT2D eigenvalue weighted by atomic mass is 9.93. The highest BCUT2D eigenvalue weighted by molar-refractivity contribution is 6.29. The third kappa shape index (κ3) is 3.48. The van der Waals surface area contributed by atoms with Crippen LogP contribution in [0.5, 0.6) is 0 Å². The van der Waals surface area contributed by atoms with Gasteiger partial charge in [-0.2, -0.15) is 0 Å². The van der Waals surface area contributed by atoms with Gasteiger partial charge in [0.1, 0.15) is 16.6 Å². The SMILES string of the molecule is COC1CCC(Nc2cc(-c3c[nH]c4ncccc34)cc(Cl)n2)CC1. The molecule has 25 heavy (non-hydrogen) atoms. The Bertz CT molecular complexity index is 871. The normalized spacial score (nSPS) is 20.7. The summed E-state index contributed by atoms with van der Waals surface area (Å²) in [7, 11) is 1.79. The van der Waals surface area contributed by atoms with Crippen molar-refractivity contribution in [3.8, 4) is 11.1 Å². The predicted octanol–water partition coefficient (Wildman–Crippen LogP) is 4.65. The van der Waals surface area contributed by atoms with E-state index >= 15 is 0 Å². The van der Waals surface area contributed by atoms with Crippen molar-refractivity contribution in [1.29, 1.82) is 0 Å². The molecule has 0 atom stereocenters. The third-order valence-electron chi connectivity index (χ3n) is 4.92. The molecule has 4 rings (SSSR count). The molecule has 0 radical (unpaired) electrons. The van der Waals surface area contributed by atoms with Gasteiger partial charge in [-0.3, -0.25) is 0 Å². The van der Waals surface area contributed by atoms with Crippen molar-refractivity contribution in [2.45, 2.75) is 37.8 Å². The molecule has 5 nitrogen and oxygen atoms in total. The molecular formula is C19H21ClN4O. The second kappa shape index (κ2) is 7.02. The van der Waals surface area contributed by atoms with Crippen molar-refractivity contribution in [2.75, 3.05) is 12.4 Å². The number of fused-ring (bicyclic) bond motifs is 1. The summed E-state index contributed by atoms with van der Waals surface area (Å²) in [6, 6.07) is 8.36. The maximum absolute atomic E-state index is 6.28. The van der Waals surface area contributed by atoms with Crippen LogP contribution in [-0.4, -0.2) is 34.2 Å². The van der Waals surface area contributed by atoms with Crippen LogP contribution in [0.4, 0.5) is 5.82 Å². The van der Waals surface area contributed by atoms with E-state index < -0.39 is 0 Å². The number of aromatic nitrogens is 3. The molecular weight excluding hydrogens is 336 g/mol. The number of nitrogens with one attached hydrogen (secondary N) is 2. The van der Waals surface area contributed by atoms with E-state index in [1.54, 1.807) is 13.3 Å². The molecule has 0 unspecified atom stereocenters. The van der Waals surface area contributed by atoms with E-state index in [0.717, 1.165) is 53.7 Å². The van der Waals surface area contributed by atoms with Gasteiger partial charge in [0.15, 0.2) is 0 Å². The lowest BCUT2D eigenvalue weighted by Gasteiger charge is -2.28. The van der Waals surface area contributed by atoms with Gasteiger partial charge in [-0.25, -0.2) is 9.97 Å². The quantitative estimate of drug-likeness (QED) is 0.668. The first-order chi connectivity index (χ1) is 12.2. The minimum absolute atomic E-state index is 0.389. The molecule has 2 N–H and O–H groups in total. The largest absolute Gasteiger partial charge is 0.381 e. The number of rotatable bonds is 4. The Kier molecular flexibility index (Phi) is 4.59. The number of anilines is 1. The van der Waals surface area contributed by atoms with Crippen molar-refractivity contribution >= 4 is 28.5 Å². The Morgan fingerprint density at radius 3 is 2.88 bits per heavy atom. The molecule has 1 fully saturated rings. The van der Waals surface area contributed by atoms with E-state index in [4.69, 9.17) is 16.3 Å². The summed E-state index contributed by atoms with van der Waals surface area (Å²) in [5.41, 5.74) is 2.99. The summed E-state index contributed by atoms with van der Waals surface area (Å²) in [6.07, 6.45) is 8.46. The first-order valence-corrected chi connectivity index (χ1v) is 9.00. The maximum atomic E-state index is 6.28. The van der Waals surface area contributed by atoms with Gasteiger partial charge in [-0.05, 0) is 55.5 Å². The number of H-pyrrole nitrogens is 1. The molecule has 130 valence electrons. The monoisotopic (exact) mass is 356 g/mol. The molecule has 1 aliphatic rings. The van der Waals surface area contributed by atoms with Gasteiger partial charge < -0.3 is 15.0 Å². The number of aromatic amines is 1. The minimum atomic E-state index is 0.389. The molecule has 1 saturated carbocycles. The Morgan fingerprint density at radius 1 is 1.24 bits per heavy atom. The molecule has 3 aromatic rings. The molecule has 3 aromatic heterocycles. The second-order valence-corrected chi connectivity index (χ2v) is 6.91. The summed E-state index contributed by atoms with van der Waals surface area (Å²) in [4.78, 5) is 12.0. The van der Waals surface area contributed by atoms with Gasteiger partial charge in [0.25, 0.3) is 0 Å². The van der Waals surface area contributed by atoms with Crippen LogP contribution in [-0.2, 0) is 4.74 Å². The van der Waals surface area contributed by atoms with Crippen LogP contribution in [0, 0.1) is 0 Å². The summed E-state index contributed by atoms with van der Waals surface area (Å²) >= 11 is 6.28. The average molecular weight is 357 g/mol. The number of nitrogens with zero attached hydrogens (tertiary/aromatic N) is 2. The van der Waals surface area contributed by atoms with E-state index in [2.05, 4.69) is 32.4 Å². The number of pyridine rings is 2. The second-order valence-electron chi connectivity index (χ2n) is 6.52. The van der Waals surface area contributed by atoms with Gasteiger partial charge in [0, 0.05) is 36.5 Å². The van der Waals surface area contributed by atoms with Crippen LogP contribution < -0.4 is 5.32 Å². The number of hydrogen-bond donors (Lipinski definition) is 2. The van der Waals surface area contributed by atoms with Gasteiger partial charge in [-0.1, -0.05) is 11.6 Å². The lowest BCUT2D eigenvalue weighted by Crippen LogP contribution is -2.29. The molecule has 0 aliphatic heterocycles. The van der Waals surface area contributed by atoms with E-state index in [1.807, 2.05) is 18.3 Å². The Hall–Kier alpha value is -2.11. The van der Waals surface area contributed by atoms with Crippen LogP contribution in [0.3, 0.4) is 0 Å². The fraction of sp³-hybridized carbons (Fsp3) is 0.368. The van der Waals surface area contributed by atoms with Crippen LogP contribution in [0.15, 0.2) is 36.7 Å². The molecule has 0 saturated heterocycles. The van der Waals surface area contributed by atoms with E-state index in [-0.39, 0.29) is 0 Å². The Morgan fingerprint density at radius 2 is 2.08 bits per heavy atom. The fourth-order valence-electron chi connectivity index (χ4n) is 3.57. The highest BCUT2D eigenvalue weighted by atomic mass is 35.5. The van der Waals surface area contributed by atoms with Gasteiger partial charge in [0.05, 0.1) is 6.10 Å². The number of hydrogen-bond acceptors (Lipinski definition) is 4. The Balaban J connectivity index is 1.59. The van der Waals surface area contributed by atoms with Crippen LogP contribution >= 0.6 is 11.6 Å². The summed E-state index contributed by atoms with van der Waals surface area (Å²) in [5, 5.41) is 5.11. The third-order valence-corrected chi connectivity index (χ3v) is 5.11. The smallest absolute Gasteiger partial charge is 0.137 e. The molecule has 0 aromatic carbocycles. The Labute approximate surface area is 151 Å². The standard InChI is InChI=1S/C19H21ClN4O/c1-25-14-6-4-13(5-7-14)23-18-10-12(9-17(20)24-18)16-11-22-19-15(16)3-2-8-21-19/h2-3,8-11,13-14H,4-7H2,1H3,(H,21,22)(H,23,24).